The van der Waals surface area contributed by atoms with Gasteiger partial charge in [0.1, 0.15) is 10.2 Å². The molecule has 0 saturated heterocycles. The number of benzene rings is 1. The van der Waals surface area contributed by atoms with Crippen molar-refractivity contribution in [2.75, 3.05) is 0 Å². The topological polar surface area (TPSA) is 65.1 Å². The lowest BCUT2D eigenvalue weighted by atomic mass is 10.1. The number of hydrogen-bond acceptors (Lipinski definition) is 4. The second-order valence-corrected chi connectivity index (χ2v) is 7.26. The van der Waals surface area contributed by atoms with Crippen LogP contribution in [0.3, 0.4) is 0 Å². The lowest BCUT2D eigenvalue weighted by Gasteiger charge is -2.07. The third-order valence-corrected chi connectivity index (χ3v) is 5.26. The molecule has 0 amide bonds. The average Bonchev–Trinajstić information content (AvgIpc) is 3.38. The van der Waals surface area contributed by atoms with Gasteiger partial charge in [-0.2, -0.15) is 10.2 Å². The van der Waals surface area contributed by atoms with Crippen LogP contribution in [0.25, 0.3) is 27.8 Å². The molecule has 3 heterocycles. The predicted octanol–water partition coefficient (Wildman–Crippen LogP) is 3.28. The summed E-state index contributed by atoms with van der Waals surface area (Å²) >= 11 is 3.43. The Morgan fingerprint density at radius 2 is 2.04 bits per heavy atom. The molecule has 0 radical (unpaired) electrons. The summed E-state index contributed by atoms with van der Waals surface area (Å²) in [7, 11) is 1.88. The fourth-order valence-electron chi connectivity index (χ4n) is 3.11. The van der Waals surface area contributed by atoms with E-state index < -0.39 is 0 Å². The highest BCUT2D eigenvalue weighted by atomic mass is 79.9. The summed E-state index contributed by atoms with van der Waals surface area (Å²) in [5.74, 6) is 0.527. The summed E-state index contributed by atoms with van der Waals surface area (Å²) in [5, 5.41) is 9.86. The van der Waals surface area contributed by atoms with E-state index in [1.165, 1.54) is 12.8 Å². The Labute approximate surface area is 151 Å². The molecule has 4 aromatic rings. The van der Waals surface area contributed by atoms with Gasteiger partial charge in [-0.05, 0) is 47.0 Å². The van der Waals surface area contributed by atoms with Crippen LogP contribution < -0.4 is 5.43 Å². The zero-order valence-electron chi connectivity index (χ0n) is 13.5. The lowest BCUT2D eigenvalue weighted by molar-refractivity contribution is 0.780. The number of rotatable bonds is 2. The van der Waals surface area contributed by atoms with Crippen LogP contribution in [0.2, 0.25) is 0 Å². The largest absolute Gasteiger partial charge is 0.286 e. The van der Waals surface area contributed by atoms with E-state index in [-0.39, 0.29) is 5.43 Å². The van der Waals surface area contributed by atoms with Crippen LogP contribution in [-0.4, -0.2) is 24.4 Å². The van der Waals surface area contributed by atoms with E-state index in [1.54, 1.807) is 9.20 Å². The van der Waals surface area contributed by atoms with Crippen LogP contribution >= 0.6 is 15.9 Å². The van der Waals surface area contributed by atoms with Gasteiger partial charge in [-0.15, -0.1) is 0 Å². The summed E-state index contributed by atoms with van der Waals surface area (Å²) < 4.78 is 3.88. The molecule has 6 nitrogen and oxygen atoms in total. The Hall–Kier alpha value is -2.54. The SMILES string of the molecule is Cn1cc2cc(-c3nn4ccc(C5CC5)nc4c(Br)c3=O)ccc2n1. The number of nitrogens with zero attached hydrogens (tertiary/aromatic N) is 5. The molecule has 0 unspecified atom stereocenters. The van der Waals surface area contributed by atoms with E-state index in [0.29, 0.717) is 21.7 Å². The molecule has 1 aliphatic carbocycles. The normalized spacial score (nSPS) is 14.5. The maximum Gasteiger partial charge on any atom is 0.224 e. The Balaban J connectivity index is 1.73. The van der Waals surface area contributed by atoms with Crippen LogP contribution in [0, 0.1) is 0 Å². The molecule has 0 aliphatic heterocycles. The molecule has 7 heteroatoms. The summed E-state index contributed by atoms with van der Waals surface area (Å²) in [6.45, 7) is 0. The van der Waals surface area contributed by atoms with Gasteiger partial charge in [0.05, 0.1) is 5.52 Å². The zero-order chi connectivity index (χ0) is 17.1. The quantitative estimate of drug-likeness (QED) is 0.522. The van der Waals surface area contributed by atoms with Crippen molar-refractivity contribution >= 4 is 32.5 Å². The average molecular weight is 396 g/mol. The fourth-order valence-corrected chi connectivity index (χ4v) is 3.57. The van der Waals surface area contributed by atoms with Crippen molar-refractivity contribution in [3.05, 3.63) is 57.0 Å². The molecule has 124 valence electrons. The lowest BCUT2D eigenvalue weighted by Crippen LogP contribution is -2.15. The molecule has 1 aliphatic rings. The molecule has 1 aromatic carbocycles. The molecule has 1 fully saturated rings. The number of halogens is 1. The van der Waals surface area contributed by atoms with E-state index in [2.05, 4.69) is 31.1 Å². The van der Waals surface area contributed by atoms with Crippen molar-refractivity contribution in [2.24, 2.45) is 7.05 Å². The van der Waals surface area contributed by atoms with Gasteiger partial charge in [0.15, 0.2) is 5.65 Å². The molecule has 5 rings (SSSR count). The first-order valence-electron chi connectivity index (χ1n) is 8.13. The van der Waals surface area contributed by atoms with E-state index >= 15 is 0 Å². The minimum Gasteiger partial charge on any atom is -0.286 e. The summed E-state index contributed by atoms with van der Waals surface area (Å²) in [6.07, 6.45) is 6.14. The molecule has 3 aromatic heterocycles. The first-order valence-corrected chi connectivity index (χ1v) is 8.92. The van der Waals surface area contributed by atoms with Gasteiger partial charge in [0.2, 0.25) is 5.43 Å². The maximum atomic E-state index is 12.8. The molecule has 0 bridgehead atoms. The van der Waals surface area contributed by atoms with Crippen molar-refractivity contribution in [1.29, 1.82) is 0 Å². The second-order valence-electron chi connectivity index (χ2n) is 6.46. The Bertz CT molecular complexity index is 1210. The fraction of sp³-hybridized carbons (Fsp3) is 0.222. The third kappa shape index (κ3) is 2.38. The van der Waals surface area contributed by atoms with Crippen LogP contribution in [0.4, 0.5) is 0 Å². The zero-order valence-corrected chi connectivity index (χ0v) is 15.1. The number of fused-ring (bicyclic) bond motifs is 2. The smallest absolute Gasteiger partial charge is 0.224 e. The van der Waals surface area contributed by atoms with Crippen molar-refractivity contribution < 1.29 is 0 Å². The Morgan fingerprint density at radius 3 is 2.84 bits per heavy atom. The van der Waals surface area contributed by atoms with Gasteiger partial charge in [-0.25, -0.2) is 9.50 Å². The maximum absolute atomic E-state index is 12.8. The van der Waals surface area contributed by atoms with Gasteiger partial charge in [-0.1, -0.05) is 6.07 Å². The number of aryl methyl sites for hydroxylation is 1. The van der Waals surface area contributed by atoms with Gasteiger partial charge in [0, 0.05) is 42.0 Å². The second kappa shape index (κ2) is 5.23. The van der Waals surface area contributed by atoms with Crippen LogP contribution in [0.5, 0.6) is 0 Å². The van der Waals surface area contributed by atoms with Gasteiger partial charge < -0.3 is 0 Å². The molecule has 0 spiro atoms. The molecule has 25 heavy (non-hydrogen) atoms. The van der Waals surface area contributed by atoms with Gasteiger partial charge >= 0.3 is 0 Å². The van der Waals surface area contributed by atoms with Gasteiger partial charge in [-0.3, -0.25) is 9.48 Å². The summed E-state index contributed by atoms with van der Waals surface area (Å²) in [6, 6.07) is 7.71. The van der Waals surface area contributed by atoms with Crippen LogP contribution in [-0.2, 0) is 7.05 Å². The molecule has 1 saturated carbocycles. The Kier molecular flexibility index (Phi) is 3.09. The standard InChI is InChI=1S/C18H14BrN5O/c1-23-9-12-8-11(4-5-14(12)21-23)16-17(25)15(19)18-20-13(10-2-3-10)6-7-24(18)22-16/h4-10H,2-3H2,1H3. The van der Waals surface area contributed by atoms with Gasteiger partial charge in [0.25, 0.3) is 0 Å². The van der Waals surface area contributed by atoms with Crippen molar-refractivity contribution in [1.82, 2.24) is 24.4 Å². The Morgan fingerprint density at radius 1 is 1.20 bits per heavy atom. The highest BCUT2D eigenvalue weighted by Gasteiger charge is 2.26. The highest BCUT2D eigenvalue weighted by molar-refractivity contribution is 9.10. The van der Waals surface area contributed by atoms with E-state index in [9.17, 15) is 4.79 Å². The number of aromatic nitrogens is 5. The molecular weight excluding hydrogens is 382 g/mol. The predicted molar refractivity (Wildman–Crippen MR) is 98.6 cm³/mol. The third-order valence-electron chi connectivity index (χ3n) is 4.54. The van der Waals surface area contributed by atoms with Crippen molar-refractivity contribution in [3.63, 3.8) is 0 Å². The molecular formula is C18H14BrN5O. The van der Waals surface area contributed by atoms with Crippen molar-refractivity contribution in [2.45, 2.75) is 18.8 Å². The summed E-state index contributed by atoms with van der Waals surface area (Å²) in [5.41, 5.74) is 3.51. The molecule has 0 N–H and O–H groups in total. The minimum absolute atomic E-state index is 0.149. The first-order chi connectivity index (χ1) is 12.1. The minimum atomic E-state index is -0.149. The van der Waals surface area contributed by atoms with Crippen LogP contribution in [0.15, 0.2) is 45.9 Å². The highest BCUT2D eigenvalue weighted by Crippen LogP contribution is 2.39. The van der Waals surface area contributed by atoms with Crippen LogP contribution in [0.1, 0.15) is 24.5 Å². The van der Waals surface area contributed by atoms with E-state index in [4.69, 9.17) is 0 Å². The first kappa shape index (κ1) is 14.8. The monoisotopic (exact) mass is 395 g/mol. The number of hydrogen-bond donors (Lipinski definition) is 0. The van der Waals surface area contributed by atoms with E-state index in [0.717, 1.165) is 22.2 Å². The molecule has 0 atom stereocenters. The van der Waals surface area contributed by atoms with E-state index in [1.807, 2.05) is 43.7 Å². The summed E-state index contributed by atoms with van der Waals surface area (Å²) in [4.78, 5) is 17.5. The van der Waals surface area contributed by atoms with Crippen molar-refractivity contribution in [3.8, 4) is 11.3 Å².